The minimum absolute atomic E-state index is 0.104. The molecule has 0 atom stereocenters. The lowest BCUT2D eigenvalue weighted by atomic mass is 10.2. The second kappa shape index (κ2) is 9.04. The number of aromatic nitrogens is 1. The highest BCUT2D eigenvalue weighted by molar-refractivity contribution is 7.98. The molecule has 1 amide bonds. The average molecular weight is 302 g/mol. The second-order valence-corrected chi connectivity index (χ2v) is 5.42. The highest BCUT2D eigenvalue weighted by Gasteiger charge is 2.08. The Bertz CT molecular complexity index is 415. The second-order valence-electron chi connectivity index (χ2n) is 4.05. The number of amides is 1. The standard InChI is InChI=1S/C13H20ClN3OS/c1-3-15-12-9-10(8-11(14)17-12)13(18)16-6-4-5-7-19-2/h8-9H,3-7H2,1-2H3,(H,15,17)(H,16,18). The highest BCUT2D eigenvalue weighted by Crippen LogP contribution is 2.14. The van der Waals surface area contributed by atoms with Crippen LogP contribution in [0.4, 0.5) is 5.82 Å². The van der Waals surface area contributed by atoms with Gasteiger partial charge in [0.2, 0.25) is 0 Å². The van der Waals surface area contributed by atoms with Crippen LogP contribution in [0.2, 0.25) is 5.15 Å². The molecule has 2 N–H and O–H groups in total. The van der Waals surface area contributed by atoms with Crippen LogP contribution in [-0.4, -0.2) is 36.0 Å². The van der Waals surface area contributed by atoms with E-state index in [1.165, 1.54) is 0 Å². The number of pyridine rings is 1. The minimum atomic E-state index is -0.104. The molecular weight excluding hydrogens is 282 g/mol. The smallest absolute Gasteiger partial charge is 0.251 e. The van der Waals surface area contributed by atoms with Crippen LogP contribution >= 0.6 is 23.4 Å². The van der Waals surface area contributed by atoms with Gasteiger partial charge in [-0.25, -0.2) is 4.98 Å². The molecule has 0 radical (unpaired) electrons. The molecule has 0 saturated carbocycles. The summed E-state index contributed by atoms with van der Waals surface area (Å²) in [7, 11) is 0. The normalized spacial score (nSPS) is 10.3. The van der Waals surface area contributed by atoms with Crippen molar-refractivity contribution < 1.29 is 4.79 Å². The van der Waals surface area contributed by atoms with Crippen LogP contribution in [0, 0.1) is 0 Å². The number of nitrogens with one attached hydrogen (secondary N) is 2. The predicted molar refractivity (Wildman–Crippen MR) is 83.4 cm³/mol. The van der Waals surface area contributed by atoms with Crippen LogP contribution in [0.25, 0.3) is 0 Å². The first kappa shape index (κ1) is 16.1. The molecule has 1 aromatic heterocycles. The molecule has 0 unspecified atom stereocenters. The number of rotatable bonds is 8. The molecule has 106 valence electrons. The van der Waals surface area contributed by atoms with E-state index >= 15 is 0 Å². The van der Waals surface area contributed by atoms with Gasteiger partial charge in [-0.05, 0) is 43.9 Å². The van der Waals surface area contributed by atoms with Crippen molar-refractivity contribution in [2.24, 2.45) is 0 Å². The average Bonchev–Trinajstić information content (AvgIpc) is 2.38. The van der Waals surface area contributed by atoms with E-state index < -0.39 is 0 Å². The van der Waals surface area contributed by atoms with Crippen LogP contribution in [0.5, 0.6) is 0 Å². The maximum absolute atomic E-state index is 12.0. The molecule has 0 aliphatic heterocycles. The van der Waals surface area contributed by atoms with Gasteiger partial charge in [-0.2, -0.15) is 11.8 Å². The van der Waals surface area contributed by atoms with Crippen molar-refractivity contribution in [2.45, 2.75) is 19.8 Å². The third kappa shape index (κ3) is 6.16. The Hall–Kier alpha value is -0.940. The first-order valence-corrected chi connectivity index (χ1v) is 8.13. The number of hydrogen-bond donors (Lipinski definition) is 2. The molecule has 19 heavy (non-hydrogen) atoms. The fourth-order valence-corrected chi connectivity index (χ4v) is 2.28. The monoisotopic (exact) mass is 301 g/mol. The summed E-state index contributed by atoms with van der Waals surface area (Å²) in [6.07, 6.45) is 4.19. The maximum Gasteiger partial charge on any atom is 0.251 e. The molecular formula is C13H20ClN3OS. The zero-order chi connectivity index (χ0) is 14.1. The van der Waals surface area contributed by atoms with Gasteiger partial charge < -0.3 is 10.6 Å². The van der Waals surface area contributed by atoms with Crippen LogP contribution in [0.15, 0.2) is 12.1 Å². The number of nitrogens with zero attached hydrogens (tertiary/aromatic N) is 1. The van der Waals surface area contributed by atoms with E-state index in [0.717, 1.165) is 25.1 Å². The summed E-state index contributed by atoms with van der Waals surface area (Å²) >= 11 is 7.72. The zero-order valence-electron chi connectivity index (χ0n) is 11.3. The molecule has 1 aromatic rings. The number of unbranched alkanes of at least 4 members (excludes halogenated alkanes) is 1. The number of carbonyl (C=O) groups excluding carboxylic acids is 1. The SMILES string of the molecule is CCNc1cc(C(=O)NCCCCSC)cc(Cl)n1. The van der Waals surface area contributed by atoms with E-state index in [9.17, 15) is 4.79 Å². The summed E-state index contributed by atoms with van der Waals surface area (Å²) in [6.45, 7) is 3.40. The quantitative estimate of drug-likeness (QED) is 0.572. The Kier molecular flexibility index (Phi) is 7.67. The maximum atomic E-state index is 12.0. The number of carbonyl (C=O) groups is 1. The first-order valence-electron chi connectivity index (χ1n) is 6.36. The Morgan fingerprint density at radius 2 is 2.21 bits per heavy atom. The Balaban J connectivity index is 2.51. The van der Waals surface area contributed by atoms with E-state index in [4.69, 9.17) is 11.6 Å². The third-order valence-electron chi connectivity index (χ3n) is 2.47. The lowest BCUT2D eigenvalue weighted by Gasteiger charge is -2.08. The molecule has 4 nitrogen and oxygen atoms in total. The van der Waals surface area contributed by atoms with Gasteiger partial charge in [0.1, 0.15) is 11.0 Å². The number of hydrogen-bond acceptors (Lipinski definition) is 4. The predicted octanol–water partition coefficient (Wildman–Crippen LogP) is 3.04. The van der Waals surface area contributed by atoms with Crippen molar-refractivity contribution >= 4 is 35.1 Å². The van der Waals surface area contributed by atoms with Crippen molar-refractivity contribution in [1.82, 2.24) is 10.3 Å². The molecule has 0 bridgehead atoms. The lowest BCUT2D eigenvalue weighted by molar-refractivity contribution is 0.0953. The largest absolute Gasteiger partial charge is 0.370 e. The van der Waals surface area contributed by atoms with E-state index in [0.29, 0.717) is 23.1 Å². The number of halogens is 1. The van der Waals surface area contributed by atoms with Crippen molar-refractivity contribution in [3.05, 3.63) is 22.8 Å². The summed E-state index contributed by atoms with van der Waals surface area (Å²) in [6, 6.07) is 3.30. The van der Waals surface area contributed by atoms with Crippen molar-refractivity contribution in [3.63, 3.8) is 0 Å². The Morgan fingerprint density at radius 1 is 1.42 bits per heavy atom. The van der Waals surface area contributed by atoms with Gasteiger partial charge in [-0.15, -0.1) is 0 Å². The van der Waals surface area contributed by atoms with Gasteiger partial charge in [0, 0.05) is 18.7 Å². The van der Waals surface area contributed by atoms with Crippen LogP contribution in [-0.2, 0) is 0 Å². The third-order valence-corrected chi connectivity index (χ3v) is 3.37. The zero-order valence-corrected chi connectivity index (χ0v) is 12.9. The fourth-order valence-electron chi connectivity index (χ4n) is 1.58. The minimum Gasteiger partial charge on any atom is -0.370 e. The summed E-state index contributed by atoms with van der Waals surface area (Å²) in [5.41, 5.74) is 0.542. The summed E-state index contributed by atoms with van der Waals surface area (Å²) in [5.74, 6) is 1.65. The molecule has 0 aromatic carbocycles. The van der Waals surface area contributed by atoms with Crippen LogP contribution < -0.4 is 10.6 Å². The van der Waals surface area contributed by atoms with E-state index in [1.54, 1.807) is 12.1 Å². The van der Waals surface area contributed by atoms with Gasteiger partial charge in [0.05, 0.1) is 0 Å². The number of anilines is 1. The molecule has 0 spiro atoms. The van der Waals surface area contributed by atoms with Crippen LogP contribution in [0.3, 0.4) is 0 Å². The molecule has 1 heterocycles. The van der Waals surface area contributed by atoms with Crippen LogP contribution in [0.1, 0.15) is 30.1 Å². The van der Waals surface area contributed by atoms with Crippen molar-refractivity contribution in [2.75, 3.05) is 30.4 Å². The Labute approximate surface area is 123 Å². The van der Waals surface area contributed by atoms with Gasteiger partial charge in [0.15, 0.2) is 0 Å². The highest BCUT2D eigenvalue weighted by atomic mass is 35.5. The van der Waals surface area contributed by atoms with E-state index in [1.807, 2.05) is 18.7 Å². The van der Waals surface area contributed by atoms with Gasteiger partial charge >= 0.3 is 0 Å². The topological polar surface area (TPSA) is 54.0 Å². The molecule has 0 aliphatic carbocycles. The summed E-state index contributed by atoms with van der Waals surface area (Å²) < 4.78 is 0. The summed E-state index contributed by atoms with van der Waals surface area (Å²) in [5, 5.41) is 6.27. The van der Waals surface area contributed by atoms with E-state index in [2.05, 4.69) is 21.9 Å². The number of thioether (sulfide) groups is 1. The van der Waals surface area contributed by atoms with Gasteiger partial charge in [-0.1, -0.05) is 11.6 Å². The molecule has 0 saturated heterocycles. The molecule has 1 rings (SSSR count). The molecule has 6 heteroatoms. The lowest BCUT2D eigenvalue weighted by Crippen LogP contribution is -2.24. The molecule has 0 aliphatic rings. The Morgan fingerprint density at radius 3 is 2.89 bits per heavy atom. The van der Waals surface area contributed by atoms with E-state index in [-0.39, 0.29) is 5.91 Å². The first-order chi connectivity index (χ1) is 9.17. The fraction of sp³-hybridized carbons (Fsp3) is 0.538. The molecule has 0 fully saturated rings. The van der Waals surface area contributed by atoms with Gasteiger partial charge in [-0.3, -0.25) is 4.79 Å². The van der Waals surface area contributed by atoms with Gasteiger partial charge in [0.25, 0.3) is 5.91 Å². The van der Waals surface area contributed by atoms with Crippen molar-refractivity contribution in [1.29, 1.82) is 0 Å². The van der Waals surface area contributed by atoms with Crippen molar-refractivity contribution in [3.8, 4) is 0 Å². The summed E-state index contributed by atoms with van der Waals surface area (Å²) in [4.78, 5) is 16.1.